The number of alkyl halides is 3. The molecule has 1 aliphatic rings. The number of nitrogens with zero attached hydrogens (tertiary/aromatic N) is 3. The van der Waals surface area contributed by atoms with Crippen LogP contribution in [0.4, 0.5) is 13.2 Å². The van der Waals surface area contributed by atoms with Crippen LogP contribution in [-0.4, -0.2) is 51.3 Å². The monoisotopic (exact) mass is 530 g/mol. The molecule has 4 rings (SSSR count). The quantitative estimate of drug-likeness (QED) is 0.490. The van der Waals surface area contributed by atoms with Crippen molar-refractivity contribution in [2.45, 2.75) is 45.2 Å². The number of halogens is 3. The van der Waals surface area contributed by atoms with Gasteiger partial charge in [-0.25, -0.2) is 4.98 Å². The number of rotatable bonds is 7. The van der Waals surface area contributed by atoms with Crippen LogP contribution < -0.4 is 15.2 Å². The van der Waals surface area contributed by atoms with Gasteiger partial charge in [0.2, 0.25) is 5.91 Å². The SMILES string of the molecule is C[C@@H]1C[C@H](Oc2ccc(-c3cn(C)cn3)cc2C(N)=O)[C@@H](C)CN1C(=O)Cc1ccc(OC(F)(F)F)cc1. The molecule has 3 aromatic rings. The summed E-state index contributed by atoms with van der Waals surface area (Å²) in [6.45, 7) is 4.31. The number of amides is 2. The number of benzene rings is 2. The standard InChI is InChI=1S/C27H29F3N4O4/c1-16-13-34(25(35)11-18-4-7-20(8-5-18)38-27(28,29)30)17(2)10-24(16)37-23-9-6-19(12-21(23)26(31)36)22-14-33(3)15-32-22/h4-9,12,14-17,24H,10-11,13H2,1-3H3,(H2,31,36)/t16-,17+,24-/m0/s1. The van der Waals surface area contributed by atoms with E-state index in [1.54, 1.807) is 27.9 Å². The van der Waals surface area contributed by atoms with Crippen molar-refractivity contribution in [1.82, 2.24) is 14.5 Å². The number of imidazole rings is 1. The van der Waals surface area contributed by atoms with Crippen LogP contribution in [0.2, 0.25) is 0 Å². The van der Waals surface area contributed by atoms with E-state index in [1.165, 1.54) is 24.3 Å². The van der Waals surface area contributed by atoms with Crippen molar-refractivity contribution in [3.8, 4) is 22.8 Å². The van der Waals surface area contributed by atoms with Gasteiger partial charge in [0.15, 0.2) is 0 Å². The fourth-order valence-electron chi connectivity index (χ4n) is 4.61. The summed E-state index contributed by atoms with van der Waals surface area (Å²) in [4.78, 5) is 31.3. The van der Waals surface area contributed by atoms with Crippen LogP contribution in [-0.2, 0) is 18.3 Å². The average molecular weight is 531 g/mol. The van der Waals surface area contributed by atoms with Gasteiger partial charge in [-0.1, -0.05) is 19.1 Å². The van der Waals surface area contributed by atoms with E-state index in [1.807, 2.05) is 33.2 Å². The lowest BCUT2D eigenvalue weighted by atomic mass is 9.91. The number of carbonyl (C=O) groups is 2. The van der Waals surface area contributed by atoms with Crippen molar-refractivity contribution in [3.63, 3.8) is 0 Å². The third-order valence-electron chi connectivity index (χ3n) is 6.58. The van der Waals surface area contributed by atoms with Crippen LogP contribution >= 0.6 is 0 Å². The number of ether oxygens (including phenoxy) is 2. The molecular weight excluding hydrogens is 501 g/mol. The molecule has 38 heavy (non-hydrogen) atoms. The Morgan fingerprint density at radius 1 is 1.13 bits per heavy atom. The number of aromatic nitrogens is 2. The van der Waals surface area contributed by atoms with E-state index in [2.05, 4.69) is 9.72 Å². The number of hydrogen-bond donors (Lipinski definition) is 1. The van der Waals surface area contributed by atoms with Crippen molar-refractivity contribution < 1.29 is 32.2 Å². The molecule has 8 nitrogen and oxygen atoms in total. The number of likely N-dealkylation sites (tertiary alicyclic amines) is 1. The van der Waals surface area contributed by atoms with E-state index in [0.29, 0.717) is 30.0 Å². The van der Waals surface area contributed by atoms with Gasteiger partial charge in [0, 0.05) is 43.7 Å². The average Bonchev–Trinajstić information content (AvgIpc) is 3.27. The zero-order valence-electron chi connectivity index (χ0n) is 21.2. The molecule has 0 saturated carbocycles. The highest BCUT2D eigenvalue weighted by Crippen LogP contribution is 2.31. The van der Waals surface area contributed by atoms with Crippen molar-refractivity contribution in [1.29, 1.82) is 0 Å². The lowest BCUT2D eigenvalue weighted by molar-refractivity contribution is -0.274. The predicted molar refractivity (Wildman–Crippen MR) is 133 cm³/mol. The minimum Gasteiger partial charge on any atom is -0.489 e. The van der Waals surface area contributed by atoms with Gasteiger partial charge < -0.3 is 24.7 Å². The molecule has 3 atom stereocenters. The van der Waals surface area contributed by atoms with Gasteiger partial charge in [0.05, 0.1) is 24.0 Å². The molecule has 11 heteroatoms. The molecule has 1 aromatic heterocycles. The predicted octanol–water partition coefficient (Wildman–Crippen LogP) is 4.33. The maximum absolute atomic E-state index is 13.0. The number of nitrogens with two attached hydrogens (primary N) is 1. The highest BCUT2D eigenvalue weighted by Gasteiger charge is 2.35. The second-order valence-electron chi connectivity index (χ2n) is 9.63. The second kappa shape index (κ2) is 10.8. The summed E-state index contributed by atoms with van der Waals surface area (Å²) in [5.74, 6) is -0.754. The van der Waals surface area contributed by atoms with Gasteiger partial charge in [-0.15, -0.1) is 13.2 Å². The molecule has 2 aromatic carbocycles. The van der Waals surface area contributed by atoms with E-state index in [4.69, 9.17) is 10.5 Å². The minimum absolute atomic E-state index is 0.0473. The fourth-order valence-corrected chi connectivity index (χ4v) is 4.61. The second-order valence-corrected chi connectivity index (χ2v) is 9.63. The Morgan fingerprint density at radius 3 is 2.45 bits per heavy atom. The highest BCUT2D eigenvalue weighted by atomic mass is 19.4. The van der Waals surface area contributed by atoms with Crippen LogP contribution in [0.5, 0.6) is 11.5 Å². The van der Waals surface area contributed by atoms with Gasteiger partial charge in [-0.05, 0) is 42.8 Å². The Kier molecular flexibility index (Phi) is 7.66. The van der Waals surface area contributed by atoms with Crippen molar-refractivity contribution in [3.05, 3.63) is 66.1 Å². The number of hydrogen-bond acceptors (Lipinski definition) is 5. The van der Waals surface area contributed by atoms with E-state index in [-0.39, 0.29) is 41.7 Å². The van der Waals surface area contributed by atoms with Crippen molar-refractivity contribution in [2.24, 2.45) is 18.7 Å². The normalized spacial score (nSPS) is 19.7. The maximum atomic E-state index is 13.0. The lowest BCUT2D eigenvalue weighted by Crippen LogP contribution is -2.52. The number of piperidine rings is 1. The highest BCUT2D eigenvalue weighted by molar-refractivity contribution is 5.97. The molecule has 2 N–H and O–H groups in total. The van der Waals surface area contributed by atoms with E-state index in [0.717, 1.165) is 5.56 Å². The summed E-state index contributed by atoms with van der Waals surface area (Å²) >= 11 is 0. The topological polar surface area (TPSA) is 99.7 Å². The van der Waals surface area contributed by atoms with Crippen molar-refractivity contribution >= 4 is 11.8 Å². The first kappa shape index (κ1) is 27.0. The minimum atomic E-state index is -4.77. The lowest BCUT2D eigenvalue weighted by Gasteiger charge is -2.41. The first-order valence-electron chi connectivity index (χ1n) is 12.1. The Balaban J connectivity index is 1.41. The van der Waals surface area contributed by atoms with Crippen molar-refractivity contribution in [2.75, 3.05) is 6.54 Å². The molecule has 202 valence electrons. The molecule has 0 unspecified atom stereocenters. The molecule has 2 heterocycles. The summed E-state index contributed by atoms with van der Waals surface area (Å²) in [7, 11) is 1.85. The molecule has 1 fully saturated rings. The smallest absolute Gasteiger partial charge is 0.489 e. The summed E-state index contributed by atoms with van der Waals surface area (Å²) in [6, 6.07) is 10.3. The maximum Gasteiger partial charge on any atom is 0.573 e. The molecule has 0 bridgehead atoms. The number of primary amides is 1. The fraction of sp³-hybridized carbons (Fsp3) is 0.370. The Morgan fingerprint density at radius 2 is 1.84 bits per heavy atom. The third kappa shape index (κ3) is 6.45. The molecule has 0 aliphatic carbocycles. The zero-order chi connectivity index (χ0) is 27.6. The number of aryl methyl sites for hydroxylation is 1. The Bertz CT molecular complexity index is 1310. The summed E-state index contributed by atoms with van der Waals surface area (Å²) in [6.07, 6.45) is -0.941. The summed E-state index contributed by atoms with van der Waals surface area (Å²) in [5.41, 5.74) is 7.94. The van der Waals surface area contributed by atoms with Crippen LogP contribution in [0, 0.1) is 5.92 Å². The van der Waals surface area contributed by atoms with Gasteiger partial charge in [-0.3, -0.25) is 9.59 Å². The first-order valence-corrected chi connectivity index (χ1v) is 12.1. The van der Waals surface area contributed by atoms with E-state index < -0.39 is 12.3 Å². The van der Waals surface area contributed by atoms with Crippen LogP contribution in [0.3, 0.4) is 0 Å². The molecular formula is C27H29F3N4O4. The summed E-state index contributed by atoms with van der Waals surface area (Å²) in [5, 5.41) is 0. The van der Waals surface area contributed by atoms with Gasteiger partial charge in [-0.2, -0.15) is 0 Å². The van der Waals surface area contributed by atoms with E-state index in [9.17, 15) is 22.8 Å². The van der Waals surface area contributed by atoms with Crippen LogP contribution in [0.15, 0.2) is 55.0 Å². The molecule has 1 saturated heterocycles. The third-order valence-corrected chi connectivity index (χ3v) is 6.58. The molecule has 0 radical (unpaired) electrons. The van der Waals surface area contributed by atoms with Gasteiger partial charge in [0.1, 0.15) is 17.6 Å². The molecule has 1 aliphatic heterocycles. The zero-order valence-corrected chi connectivity index (χ0v) is 21.2. The first-order chi connectivity index (χ1) is 17.9. The van der Waals surface area contributed by atoms with Crippen LogP contribution in [0.25, 0.3) is 11.3 Å². The Labute approximate surface area is 218 Å². The van der Waals surface area contributed by atoms with E-state index >= 15 is 0 Å². The molecule has 0 spiro atoms. The van der Waals surface area contributed by atoms with Gasteiger partial charge >= 0.3 is 6.36 Å². The largest absolute Gasteiger partial charge is 0.573 e. The molecule has 2 amide bonds. The Hall–Kier alpha value is -4.02. The van der Waals surface area contributed by atoms with Crippen LogP contribution in [0.1, 0.15) is 36.2 Å². The number of carbonyl (C=O) groups excluding carboxylic acids is 2. The van der Waals surface area contributed by atoms with Gasteiger partial charge in [0.25, 0.3) is 5.91 Å². The summed E-state index contributed by atoms with van der Waals surface area (Å²) < 4.78 is 49.1.